The van der Waals surface area contributed by atoms with E-state index in [1.165, 1.54) is 0 Å². The van der Waals surface area contributed by atoms with Crippen molar-refractivity contribution in [3.05, 3.63) is 69.8 Å². The van der Waals surface area contributed by atoms with E-state index in [1.54, 1.807) is 13.0 Å². The summed E-state index contributed by atoms with van der Waals surface area (Å²) < 4.78 is 2.01. The van der Waals surface area contributed by atoms with Crippen molar-refractivity contribution in [3.8, 4) is 0 Å². The van der Waals surface area contributed by atoms with Gasteiger partial charge in [-0.2, -0.15) is 0 Å². The zero-order valence-corrected chi connectivity index (χ0v) is 12.9. The normalized spacial score (nSPS) is 11.0. The highest BCUT2D eigenvalue weighted by atomic mass is 35.5. The fourth-order valence-corrected chi connectivity index (χ4v) is 2.85. The van der Waals surface area contributed by atoms with Gasteiger partial charge in [0.1, 0.15) is 0 Å². The number of rotatable bonds is 3. The largest absolute Gasteiger partial charge is 0.342 e. The Hall–Kier alpha value is -1.77. The number of benzene rings is 2. The Bertz CT molecular complexity index is 836. The van der Waals surface area contributed by atoms with E-state index in [2.05, 4.69) is 0 Å². The third-order valence-corrected chi connectivity index (χ3v) is 4.13. The summed E-state index contributed by atoms with van der Waals surface area (Å²) in [6, 6.07) is 13.3. The van der Waals surface area contributed by atoms with Crippen LogP contribution in [0.3, 0.4) is 0 Å². The molecule has 0 bridgehead atoms. The molecule has 0 saturated carbocycles. The Labute approximate surface area is 132 Å². The quantitative estimate of drug-likeness (QED) is 0.608. The molecule has 0 saturated heterocycles. The van der Waals surface area contributed by atoms with E-state index in [1.807, 2.05) is 47.2 Å². The molecule has 0 amide bonds. The lowest BCUT2D eigenvalue weighted by Gasteiger charge is -2.07. The standard InChI is InChI=1S/C17H13Cl2NO/c1-11(21)15-10-20(9-12-4-2-3-5-16(12)19)17-8-13(18)6-7-14(15)17/h2-8,10H,9H2,1H3. The van der Waals surface area contributed by atoms with E-state index in [4.69, 9.17) is 23.2 Å². The molecule has 0 aliphatic rings. The number of carbonyl (C=O) groups is 1. The molecule has 0 atom stereocenters. The Balaban J connectivity index is 2.16. The van der Waals surface area contributed by atoms with Crippen molar-refractivity contribution in [1.82, 2.24) is 4.57 Å². The average Bonchev–Trinajstić information content (AvgIpc) is 2.80. The molecule has 1 heterocycles. The monoisotopic (exact) mass is 317 g/mol. The maximum Gasteiger partial charge on any atom is 0.161 e. The van der Waals surface area contributed by atoms with Crippen LogP contribution in [0.2, 0.25) is 10.0 Å². The Morgan fingerprint density at radius 2 is 1.90 bits per heavy atom. The zero-order chi connectivity index (χ0) is 15.0. The number of fused-ring (bicyclic) bond motifs is 1. The molecule has 0 radical (unpaired) electrons. The van der Waals surface area contributed by atoms with Crippen LogP contribution in [0, 0.1) is 0 Å². The van der Waals surface area contributed by atoms with Crippen molar-refractivity contribution in [3.63, 3.8) is 0 Å². The molecule has 1 aromatic heterocycles. The first-order valence-corrected chi connectivity index (χ1v) is 7.34. The topological polar surface area (TPSA) is 22.0 Å². The van der Waals surface area contributed by atoms with Crippen LogP contribution in [-0.4, -0.2) is 10.4 Å². The van der Waals surface area contributed by atoms with Gasteiger partial charge in [0.25, 0.3) is 0 Å². The Morgan fingerprint density at radius 3 is 2.62 bits per heavy atom. The maximum absolute atomic E-state index is 11.8. The SMILES string of the molecule is CC(=O)c1cn(Cc2ccccc2Cl)c2cc(Cl)ccc12. The number of nitrogens with zero attached hydrogens (tertiary/aromatic N) is 1. The van der Waals surface area contributed by atoms with Crippen LogP contribution >= 0.6 is 23.2 Å². The van der Waals surface area contributed by atoms with E-state index in [0.29, 0.717) is 22.2 Å². The summed E-state index contributed by atoms with van der Waals surface area (Å²) >= 11 is 12.3. The van der Waals surface area contributed by atoms with Crippen LogP contribution in [0.4, 0.5) is 0 Å². The number of Topliss-reactive ketones (excluding diaryl/α,β-unsaturated/α-hetero) is 1. The second kappa shape index (κ2) is 5.55. The fourth-order valence-electron chi connectivity index (χ4n) is 2.49. The number of hydrogen-bond acceptors (Lipinski definition) is 1. The number of ketones is 1. The molecule has 0 spiro atoms. The molecule has 3 rings (SSSR count). The Kier molecular flexibility index (Phi) is 3.75. The predicted molar refractivity (Wildman–Crippen MR) is 87.5 cm³/mol. The van der Waals surface area contributed by atoms with E-state index in [0.717, 1.165) is 16.5 Å². The molecule has 2 nitrogen and oxygen atoms in total. The lowest BCUT2D eigenvalue weighted by atomic mass is 10.1. The van der Waals surface area contributed by atoms with Crippen LogP contribution in [0.5, 0.6) is 0 Å². The van der Waals surface area contributed by atoms with Gasteiger partial charge in [-0.05, 0) is 30.7 Å². The summed E-state index contributed by atoms with van der Waals surface area (Å²) in [7, 11) is 0. The van der Waals surface area contributed by atoms with Crippen LogP contribution in [0.25, 0.3) is 10.9 Å². The molecule has 0 fully saturated rings. The van der Waals surface area contributed by atoms with Crippen molar-refractivity contribution in [1.29, 1.82) is 0 Å². The third-order valence-electron chi connectivity index (χ3n) is 3.52. The minimum absolute atomic E-state index is 0.0419. The lowest BCUT2D eigenvalue weighted by Crippen LogP contribution is -1.99. The molecule has 0 aliphatic heterocycles. The van der Waals surface area contributed by atoms with Crippen molar-refractivity contribution < 1.29 is 4.79 Å². The molecular formula is C17H13Cl2NO. The lowest BCUT2D eigenvalue weighted by molar-refractivity contribution is 0.101. The summed E-state index contributed by atoms with van der Waals surface area (Å²) in [6.07, 6.45) is 1.87. The smallest absolute Gasteiger partial charge is 0.161 e. The van der Waals surface area contributed by atoms with Crippen LogP contribution in [-0.2, 0) is 6.54 Å². The average molecular weight is 318 g/mol. The first-order chi connectivity index (χ1) is 10.1. The highest BCUT2D eigenvalue weighted by Crippen LogP contribution is 2.27. The molecule has 3 aromatic rings. The Morgan fingerprint density at radius 1 is 1.14 bits per heavy atom. The third kappa shape index (κ3) is 2.69. The molecule has 106 valence electrons. The zero-order valence-electron chi connectivity index (χ0n) is 11.4. The van der Waals surface area contributed by atoms with Gasteiger partial charge >= 0.3 is 0 Å². The first kappa shape index (κ1) is 14.2. The molecule has 4 heteroatoms. The number of hydrogen-bond donors (Lipinski definition) is 0. The molecule has 2 aromatic carbocycles. The molecule has 0 aliphatic carbocycles. The van der Waals surface area contributed by atoms with Crippen LogP contribution in [0.15, 0.2) is 48.7 Å². The number of halogens is 2. The van der Waals surface area contributed by atoms with Gasteiger partial charge in [0.2, 0.25) is 0 Å². The molecule has 21 heavy (non-hydrogen) atoms. The van der Waals surface area contributed by atoms with Gasteiger partial charge in [-0.1, -0.05) is 47.5 Å². The highest BCUT2D eigenvalue weighted by molar-refractivity contribution is 6.31. The van der Waals surface area contributed by atoms with Gasteiger partial charge in [0.15, 0.2) is 5.78 Å². The van der Waals surface area contributed by atoms with E-state index >= 15 is 0 Å². The summed E-state index contributed by atoms with van der Waals surface area (Å²) in [5.74, 6) is 0.0419. The summed E-state index contributed by atoms with van der Waals surface area (Å²) in [5, 5.41) is 2.28. The molecule has 0 unspecified atom stereocenters. The second-order valence-electron chi connectivity index (χ2n) is 4.98. The number of aromatic nitrogens is 1. The van der Waals surface area contributed by atoms with Crippen molar-refractivity contribution >= 4 is 39.9 Å². The highest BCUT2D eigenvalue weighted by Gasteiger charge is 2.13. The molecular weight excluding hydrogens is 305 g/mol. The van der Waals surface area contributed by atoms with E-state index in [-0.39, 0.29) is 5.78 Å². The molecule has 0 N–H and O–H groups in total. The van der Waals surface area contributed by atoms with Crippen LogP contribution in [0.1, 0.15) is 22.8 Å². The fraction of sp³-hybridized carbons (Fsp3) is 0.118. The van der Waals surface area contributed by atoms with Crippen LogP contribution < -0.4 is 0 Å². The van der Waals surface area contributed by atoms with E-state index < -0.39 is 0 Å². The maximum atomic E-state index is 11.8. The van der Waals surface area contributed by atoms with Crippen molar-refractivity contribution in [2.45, 2.75) is 13.5 Å². The van der Waals surface area contributed by atoms with Crippen molar-refractivity contribution in [2.75, 3.05) is 0 Å². The predicted octanol–water partition coefficient (Wildman–Crippen LogP) is 5.20. The van der Waals surface area contributed by atoms with Gasteiger partial charge < -0.3 is 4.57 Å². The first-order valence-electron chi connectivity index (χ1n) is 6.59. The van der Waals surface area contributed by atoms with Gasteiger partial charge in [0.05, 0.1) is 5.52 Å². The summed E-state index contributed by atoms with van der Waals surface area (Å²) in [5.41, 5.74) is 2.65. The van der Waals surface area contributed by atoms with E-state index in [9.17, 15) is 4.79 Å². The second-order valence-corrected chi connectivity index (χ2v) is 5.82. The van der Waals surface area contributed by atoms with Gasteiger partial charge in [-0.15, -0.1) is 0 Å². The minimum Gasteiger partial charge on any atom is -0.342 e. The summed E-state index contributed by atoms with van der Waals surface area (Å²) in [6.45, 7) is 2.17. The van der Waals surface area contributed by atoms with Gasteiger partial charge in [0, 0.05) is 33.7 Å². The van der Waals surface area contributed by atoms with Crippen molar-refractivity contribution in [2.24, 2.45) is 0 Å². The minimum atomic E-state index is 0.0419. The number of carbonyl (C=O) groups excluding carboxylic acids is 1. The summed E-state index contributed by atoms with van der Waals surface area (Å²) in [4.78, 5) is 11.8. The van der Waals surface area contributed by atoms with Gasteiger partial charge in [-0.25, -0.2) is 0 Å². The van der Waals surface area contributed by atoms with Gasteiger partial charge in [-0.3, -0.25) is 4.79 Å².